The van der Waals surface area contributed by atoms with Crippen LogP contribution < -0.4 is 5.32 Å². The number of rotatable bonds is 7. The van der Waals surface area contributed by atoms with Crippen molar-refractivity contribution in [2.45, 2.75) is 32.7 Å². The van der Waals surface area contributed by atoms with Crippen molar-refractivity contribution in [2.24, 2.45) is 0 Å². The smallest absolute Gasteiger partial charge is 0.326 e. The molecular formula is C10H18N2O5. The molecule has 17 heavy (non-hydrogen) atoms. The van der Waals surface area contributed by atoms with Crippen LogP contribution in [0.1, 0.15) is 26.7 Å². The maximum absolute atomic E-state index is 11.6. The lowest BCUT2D eigenvalue weighted by atomic mass is 10.2. The van der Waals surface area contributed by atoms with E-state index in [0.29, 0.717) is 13.1 Å². The number of carbonyl (C=O) groups is 3. The summed E-state index contributed by atoms with van der Waals surface area (Å²) in [6.07, 6.45) is 0.114. The lowest BCUT2D eigenvalue weighted by Gasteiger charge is -2.22. The topological polar surface area (TPSA) is 107 Å². The number of aliphatic carboxylic acids is 2. The van der Waals surface area contributed by atoms with Gasteiger partial charge in [-0.1, -0.05) is 6.92 Å². The van der Waals surface area contributed by atoms with E-state index >= 15 is 0 Å². The van der Waals surface area contributed by atoms with Crippen LogP contribution in [0.4, 0.5) is 4.79 Å². The van der Waals surface area contributed by atoms with E-state index < -0.39 is 30.4 Å². The number of nitrogens with zero attached hydrogens (tertiary/aromatic N) is 1. The van der Waals surface area contributed by atoms with Crippen LogP contribution in [0.3, 0.4) is 0 Å². The van der Waals surface area contributed by atoms with Crippen molar-refractivity contribution in [3.8, 4) is 0 Å². The first-order chi connectivity index (χ1) is 7.92. The van der Waals surface area contributed by atoms with E-state index in [1.165, 1.54) is 4.90 Å². The van der Waals surface area contributed by atoms with E-state index in [0.717, 1.165) is 6.42 Å². The Morgan fingerprint density at radius 1 is 1.24 bits per heavy atom. The summed E-state index contributed by atoms with van der Waals surface area (Å²) in [6.45, 7) is 4.60. The van der Waals surface area contributed by atoms with Crippen LogP contribution in [0.5, 0.6) is 0 Å². The van der Waals surface area contributed by atoms with Crippen LogP contribution in [0.15, 0.2) is 0 Å². The highest BCUT2D eigenvalue weighted by molar-refractivity contribution is 5.86. The summed E-state index contributed by atoms with van der Waals surface area (Å²) >= 11 is 0. The first-order valence-electron chi connectivity index (χ1n) is 5.42. The van der Waals surface area contributed by atoms with Gasteiger partial charge in [-0.2, -0.15) is 0 Å². The summed E-state index contributed by atoms with van der Waals surface area (Å²) in [7, 11) is 0. The normalized spacial score (nSPS) is 11.6. The van der Waals surface area contributed by atoms with Gasteiger partial charge in [0, 0.05) is 13.1 Å². The third-order valence-corrected chi connectivity index (χ3v) is 2.14. The molecule has 7 nitrogen and oxygen atoms in total. The molecule has 7 heteroatoms. The van der Waals surface area contributed by atoms with Crippen molar-refractivity contribution in [1.82, 2.24) is 10.2 Å². The summed E-state index contributed by atoms with van der Waals surface area (Å²) in [6, 6.07) is -1.95. The molecule has 0 bridgehead atoms. The Kier molecular flexibility index (Phi) is 6.69. The zero-order valence-electron chi connectivity index (χ0n) is 9.97. The van der Waals surface area contributed by atoms with E-state index in [1.54, 1.807) is 6.92 Å². The maximum atomic E-state index is 11.6. The monoisotopic (exact) mass is 246 g/mol. The predicted octanol–water partition coefficient (Wildman–Crippen LogP) is 0.356. The maximum Gasteiger partial charge on any atom is 0.326 e. The zero-order chi connectivity index (χ0) is 13.4. The highest BCUT2D eigenvalue weighted by atomic mass is 16.4. The van der Waals surface area contributed by atoms with Crippen molar-refractivity contribution >= 4 is 18.0 Å². The molecule has 0 heterocycles. The van der Waals surface area contributed by atoms with Crippen molar-refractivity contribution in [1.29, 1.82) is 0 Å². The van der Waals surface area contributed by atoms with Crippen molar-refractivity contribution < 1.29 is 24.6 Å². The molecule has 0 aromatic carbocycles. The molecule has 0 aromatic rings. The highest BCUT2D eigenvalue weighted by Crippen LogP contribution is 1.97. The van der Waals surface area contributed by atoms with Crippen LogP contribution >= 0.6 is 0 Å². The minimum absolute atomic E-state index is 0.444. The summed E-state index contributed by atoms with van der Waals surface area (Å²) in [5, 5.41) is 19.5. The summed E-state index contributed by atoms with van der Waals surface area (Å²) in [5.74, 6) is -2.62. The number of carboxylic acids is 2. The summed E-state index contributed by atoms with van der Waals surface area (Å²) < 4.78 is 0. The lowest BCUT2D eigenvalue weighted by Crippen LogP contribution is -2.48. The van der Waals surface area contributed by atoms with Crippen molar-refractivity contribution in [3.63, 3.8) is 0 Å². The first kappa shape index (κ1) is 15.2. The summed E-state index contributed by atoms with van der Waals surface area (Å²) in [4.78, 5) is 34.2. The Balaban J connectivity index is 4.47. The number of hydrogen-bond acceptors (Lipinski definition) is 3. The number of urea groups is 1. The van der Waals surface area contributed by atoms with Gasteiger partial charge in [-0.05, 0) is 13.3 Å². The first-order valence-corrected chi connectivity index (χ1v) is 5.42. The zero-order valence-corrected chi connectivity index (χ0v) is 9.97. The third kappa shape index (κ3) is 5.74. The second-order valence-corrected chi connectivity index (χ2v) is 3.52. The molecule has 0 radical (unpaired) electrons. The fourth-order valence-corrected chi connectivity index (χ4v) is 1.29. The van der Waals surface area contributed by atoms with Crippen LogP contribution in [0.25, 0.3) is 0 Å². The fraction of sp³-hybridized carbons (Fsp3) is 0.700. The molecule has 98 valence electrons. The molecular weight excluding hydrogens is 228 g/mol. The molecule has 0 aliphatic heterocycles. The SMILES string of the molecule is CCCN(CC)C(=O)N[C@H](CC(=O)O)C(=O)O. The average Bonchev–Trinajstić information content (AvgIpc) is 2.23. The number of hydrogen-bond donors (Lipinski definition) is 3. The third-order valence-electron chi connectivity index (χ3n) is 2.14. The van der Waals surface area contributed by atoms with Gasteiger partial charge in [-0.3, -0.25) is 4.79 Å². The van der Waals surface area contributed by atoms with E-state index in [4.69, 9.17) is 10.2 Å². The van der Waals surface area contributed by atoms with Crippen LogP contribution in [-0.4, -0.2) is 52.2 Å². The van der Waals surface area contributed by atoms with Crippen LogP contribution in [0, 0.1) is 0 Å². The van der Waals surface area contributed by atoms with Gasteiger partial charge in [0.1, 0.15) is 6.04 Å². The van der Waals surface area contributed by atoms with E-state index in [9.17, 15) is 14.4 Å². The molecule has 3 N–H and O–H groups in total. The quantitative estimate of drug-likeness (QED) is 0.601. The van der Waals surface area contributed by atoms with Gasteiger partial charge in [0.2, 0.25) is 0 Å². The van der Waals surface area contributed by atoms with Gasteiger partial charge >= 0.3 is 18.0 Å². The molecule has 1 atom stereocenters. The molecule has 0 spiro atoms. The minimum atomic E-state index is -1.40. The molecule has 0 fully saturated rings. The number of amides is 2. The Hall–Kier alpha value is -1.79. The molecule has 0 aliphatic carbocycles. The van der Waals surface area contributed by atoms with Gasteiger partial charge < -0.3 is 20.4 Å². The number of carboxylic acid groups (broad SMARTS) is 2. The standard InChI is InChI=1S/C10H18N2O5/c1-3-5-12(4-2)10(17)11-7(9(15)16)6-8(13)14/h7H,3-6H2,1-2H3,(H,11,17)(H,13,14)(H,15,16)/t7-/m1/s1. The van der Waals surface area contributed by atoms with Gasteiger partial charge in [0.05, 0.1) is 6.42 Å². The Morgan fingerprint density at radius 3 is 2.18 bits per heavy atom. The second kappa shape index (κ2) is 7.48. The van der Waals surface area contributed by atoms with Crippen molar-refractivity contribution in [3.05, 3.63) is 0 Å². The van der Waals surface area contributed by atoms with Gasteiger partial charge in [0.25, 0.3) is 0 Å². The second-order valence-electron chi connectivity index (χ2n) is 3.52. The Bertz CT molecular complexity index is 292. The van der Waals surface area contributed by atoms with E-state index in [2.05, 4.69) is 5.32 Å². The van der Waals surface area contributed by atoms with Gasteiger partial charge in [0.15, 0.2) is 0 Å². The van der Waals surface area contributed by atoms with E-state index in [-0.39, 0.29) is 0 Å². The van der Waals surface area contributed by atoms with Crippen LogP contribution in [0.2, 0.25) is 0 Å². The van der Waals surface area contributed by atoms with E-state index in [1.807, 2.05) is 6.92 Å². The number of nitrogens with one attached hydrogen (secondary N) is 1. The minimum Gasteiger partial charge on any atom is -0.481 e. The molecule has 0 unspecified atom stereocenters. The van der Waals surface area contributed by atoms with Crippen molar-refractivity contribution in [2.75, 3.05) is 13.1 Å². The number of carbonyl (C=O) groups excluding carboxylic acids is 1. The Morgan fingerprint density at radius 2 is 1.82 bits per heavy atom. The summed E-state index contributed by atoms with van der Waals surface area (Å²) in [5.41, 5.74) is 0. The predicted molar refractivity (Wildman–Crippen MR) is 59.7 cm³/mol. The molecule has 0 saturated carbocycles. The van der Waals surface area contributed by atoms with Gasteiger partial charge in [-0.15, -0.1) is 0 Å². The molecule has 0 aromatic heterocycles. The molecule has 2 amide bonds. The van der Waals surface area contributed by atoms with Crippen LogP contribution in [-0.2, 0) is 9.59 Å². The molecule has 0 rings (SSSR count). The fourth-order valence-electron chi connectivity index (χ4n) is 1.29. The molecule has 0 aliphatic rings. The Labute approximate surface area is 99.4 Å². The lowest BCUT2D eigenvalue weighted by molar-refractivity contribution is -0.145. The average molecular weight is 246 g/mol. The highest BCUT2D eigenvalue weighted by Gasteiger charge is 2.24. The largest absolute Gasteiger partial charge is 0.481 e. The van der Waals surface area contributed by atoms with Gasteiger partial charge in [-0.25, -0.2) is 9.59 Å². The molecule has 0 saturated heterocycles.